The highest BCUT2D eigenvalue weighted by Crippen LogP contribution is 2.31. The molecule has 1 amide bonds. The van der Waals surface area contributed by atoms with E-state index in [2.05, 4.69) is 20.8 Å². The molecule has 3 rings (SSSR count). The standard InChI is InChI=1S/C18H17N5O5S2/c1-27-13-6-3-11(4-7-13)19-17-21-22-18(30-17)29-10-16(24)20-14-8-5-12(23(25)26)9-15(14)28-2/h3-9H,10H2,1-2H3,(H,19,21)(H,20,24). The van der Waals surface area contributed by atoms with E-state index in [4.69, 9.17) is 9.47 Å². The molecule has 0 fully saturated rings. The van der Waals surface area contributed by atoms with Crippen LogP contribution in [0.1, 0.15) is 0 Å². The molecule has 10 nitrogen and oxygen atoms in total. The van der Waals surface area contributed by atoms with E-state index in [0.29, 0.717) is 15.2 Å². The number of hydrogen-bond acceptors (Lipinski definition) is 10. The first-order valence-electron chi connectivity index (χ1n) is 8.48. The molecule has 0 aliphatic heterocycles. The lowest BCUT2D eigenvalue weighted by Crippen LogP contribution is -2.14. The average molecular weight is 447 g/mol. The maximum atomic E-state index is 12.2. The largest absolute Gasteiger partial charge is 0.497 e. The third kappa shape index (κ3) is 5.58. The van der Waals surface area contributed by atoms with Crippen molar-refractivity contribution < 1.29 is 19.2 Å². The van der Waals surface area contributed by atoms with E-state index in [9.17, 15) is 14.9 Å². The lowest BCUT2D eigenvalue weighted by Gasteiger charge is -2.09. The SMILES string of the molecule is COc1ccc(Nc2nnc(SCC(=O)Nc3ccc([N+](=O)[O-])cc3OC)s2)cc1. The van der Waals surface area contributed by atoms with Crippen LogP contribution < -0.4 is 20.1 Å². The van der Waals surface area contributed by atoms with Gasteiger partial charge in [-0.1, -0.05) is 23.1 Å². The highest BCUT2D eigenvalue weighted by molar-refractivity contribution is 8.01. The molecule has 0 spiro atoms. The number of nitro groups is 1. The Kier molecular flexibility index (Phi) is 7.03. The van der Waals surface area contributed by atoms with Crippen molar-refractivity contribution in [3.8, 4) is 11.5 Å². The van der Waals surface area contributed by atoms with Crippen molar-refractivity contribution in [2.75, 3.05) is 30.6 Å². The first-order chi connectivity index (χ1) is 14.5. The lowest BCUT2D eigenvalue weighted by atomic mass is 10.2. The average Bonchev–Trinajstić information content (AvgIpc) is 3.20. The Morgan fingerprint density at radius 2 is 1.93 bits per heavy atom. The Morgan fingerprint density at radius 1 is 1.17 bits per heavy atom. The van der Waals surface area contributed by atoms with Gasteiger partial charge in [-0.15, -0.1) is 10.2 Å². The quantitative estimate of drug-likeness (QED) is 0.285. The summed E-state index contributed by atoms with van der Waals surface area (Å²) in [6.07, 6.45) is 0. The van der Waals surface area contributed by atoms with Gasteiger partial charge < -0.3 is 20.1 Å². The fraction of sp³-hybridized carbons (Fsp3) is 0.167. The summed E-state index contributed by atoms with van der Waals surface area (Å²) in [4.78, 5) is 22.6. The smallest absolute Gasteiger partial charge is 0.273 e. The molecule has 2 N–H and O–H groups in total. The second-order valence-electron chi connectivity index (χ2n) is 5.71. The van der Waals surface area contributed by atoms with Gasteiger partial charge in [-0.3, -0.25) is 14.9 Å². The van der Waals surface area contributed by atoms with Crippen molar-refractivity contribution in [1.29, 1.82) is 0 Å². The van der Waals surface area contributed by atoms with Gasteiger partial charge in [0.15, 0.2) is 4.34 Å². The van der Waals surface area contributed by atoms with Crippen molar-refractivity contribution in [3.05, 3.63) is 52.6 Å². The summed E-state index contributed by atoms with van der Waals surface area (Å²) in [5.41, 5.74) is 1.07. The van der Waals surface area contributed by atoms with Crippen molar-refractivity contribution in [2.45, 2.75) is 4.34 Å². The van der Waals surface area contributed by atoms with Gasteiger partial charge >= 0.3 is 0 Å². The minimum absolute atomic E-state index is 0.0946. The van der Waals surface area contributed by atoms with Crippen molar-refractivity contribution >= 4 is 51.2 Å². The number of nitrogens with zero attached hydrogens (tertiary/aromatic N) is 3. The number of methoxy groups -OCH3 is 2. The molecule has 1 aromatic heterocycles. The monoisotopic (exact) mass is 447 g/mol. The van der Waals surface area contributed by atoms with Crippen LogP contribution in [0.5, 0.6) is 11.5 Å². The number of nitro benzene ring substituents is 1. The molecule has 2 aromatic carbocycles. The predicted molar refractivity (Wildman–Crippen MR) is 115 cm³/mol. The normalized spacial score (nSPS) is 10.3. The van der Waals surface area contributed by atoms with Crippen LogP contribution in [0.3, 0.4) is 0 Å². The predicted octanol–water partition coefficient (Wildman–Crippen LogP) is 3.94. The van der Waals surface area contributed by atoms with E-state index in [1.165, 1.54) is 48.4 Å². The van der Waals surface area contributed by atoms with Crippen LogP contribution in [-0.4, -0.2) is 41.0 Å². The number of hydrogen-bond donors (Lipinski definition) is 2. The van der Waals surface area contributed by atoms with E-state index in [1.807, 2.05) is 24.3 Å². The first kappa shape index (κ1) is 21.3. The molecular weight excluding hydrogens is 430 g/mol. The van der Waals surface area contributed by atoms with Gasteiger partial charge in [0.1, 0.15) is 11.5 Å². The molecule has 12 heteroatoms. The maximum absolute atomic E-state index is 12.2. The van der Waals surface area contributed by atoms with Gasteiger partial charge in [0.25, 0.3) is 5.69 Å². The fourth-order valence-corrected chi connectivity index (χ4v) is 3.90. The summed E-state index contributed by atoms with van der Waals surface area (Å²) in [7, 11) is 2.98. The molecule has 156 valence electrons. The Morgan fingerprint density at radius 3 is 2.60 bits per heavy atom. The highest BCUT2D eigenvalue weighted by atomic mass is 32.2. The highest BCUT2D eigenvalue weighted by Gasteiger charge is 2.14. The third-order valence-electron chi connectivity index (χ3n) is 3.74. The second-order valence-corrected chi connectivity index (χ2v) is 7.91. The number of rotatable bonds is 9. The van der Waals surface area contributed by atoms with Crippen LogP contribution in [0, 0.1) is 10.1 Å². The van der Waals surface area contributed by atoms with Crippen molar-refractivity contribution in [1.82, 2.24) is 10.2 Å². The lowest BCUT2D eigenvalue weighted by molar-refractivity contribution is -0.384. The van der Waals surface area contributed by atoms with Gasteiger partial charge in [-0.05, 0) is 30.3 Å². The third-order valence-corrected chi connectivity index (χ3v) is 5.72. The van der Waals surface area contributed by atoms with Crippen LogP contribution in [0.4, 0.5) is 22.2 Å². The van der Waals surface area contributed by atoms with Crippen LogP contribution >= 0.6 is 23.1 Å². The molecule has 0 radical (unpaired) electrons. The van der Waals surface area contributed by atoms with Crippen LogP contribution in [-0.2, 0) is 4.79 Å². The summed E-state index contributed by atoms with van der Waals surface area (Å²) in [6.45, 7) is 0. The van der Waals surface area contributed by atoms with E-state index in [0.717, 1.165) is 11.4 Å². The minimum atomic E-state index is -0.531. The topological polar surface area (TPSA) is 129 Å². The number of carbonyl (C=O) groups is 1. The number of nitrogens with one attached hydrogen (secondary N) is 2. The summed E-state index contributed by atoms with van der Waals surface area (Å²) in [6, 6.07) is 11.4. The molecule has 0 unspecified atom stereocenters. The number of anilines is 3. The molecule has 0 saturated carbocycles. The zero-order valence-corrected chi connectivity index (χ0v) is 17.6. The van der Waals surface area contributed by atoms with Crippen molar-refractivity contribution in [2.24, 2.45) is 0 Å². The molecule has 3 aromatic rings. The number of benzene rings is 2. The van der Waals surface area contributed by atoms with E-state index >= 15 is 0 Å². The Balaban J connectivity index is 1.54. The number of ether oxygens (including phenoxy) is 2. The van der Waals surface area contributed by atoms with Crippen LogP contribution in [0.25, 0.3) is 0 Å². The summed E-state index contributed by atoms with van der Waals surface area (Å²) in [5, 5.41) is 25.4. The Hall–Kier alpha value is -3.38. The Labute approximate surface area is 179 Å². The maximum Gasteiger partial charge on any atom is 0.273 e. The number of non-ortho nitro benzene ring substituents is 1. The zero-order valence-electron chi connectivity index (χ0n) is 15.9. The fourth-order valence-electron chi connectivity index (χ4n) is 2.33. The number of amides is 1. The molecule has 0 bridgehead atoms. The number of thioether (sulfide) groups is 1. The van der Waals surface area contributed by atoms with Crippen LogP contribution in [0.2, 0.25) is 0 Å². The molecule has 0 atom stereocenters. The second kappa shape index (κ2) is 9.89. The van der Waals surface area contributed by atoms with Gasteiger partial charge in [0.05, 0.1) is 36.6 Å². The molecule has 1 heterocycles. The van der Waals surface area contributed by atoms with Gasteiger partial charge in [-0.25, -0.2) is 0 Å². The van der Waals surface area contributed by atoms with Crippen LogP contribution in [0.15, 0.2) is 46.8 Å². The van der Waals surface area contributed by atoms with Gasteiger partial charge in [0.2, 0.25) is 11.0 Å². The number of carbonyl (C=O) groups excluding carboxylic acids is 1. The molecule has 0 aliphatic carbocycles. The zero-order chi connectivity index (χ0) is 21.5. The Bertz CT molecular complexity index is 1040. The summed E-state index contributed by atoms with van der Waals surface area (Å²) >= 11 is 2.55. The summed E-state index contributed by atoms with van der Waals surface area (Å²) in [5.74, 6) is 0.762. The van der Waals surface area contributed by atoms with Crippen molar-refractivity contribution in [3.63, 3.8) is 0 Å². The minimum Gasteiger partial charge on any atom is -0.497 e. The van der Waals surface area contributed by atoms with Gasteiger partial charge in [0, 0.05) is 11.8 Å². The molecule has 30 heavy (non-hydrogen) atoms. The molecule has 0 saturated heterocycles. The molecule has 0 aliphatic rings. The van der Waals surface area contributed by atoms with Gasteiger partial charge in [-0.2, -0.15) is 0 Å². The van der Waals surface area contributed by atoms with E-state index in [1.54, 1.807) is 7.11 Å². The van der Waals surface area contributed by atoms with E-state index < -0.39 is 4.92 Å². The molecular formula is C18H17N5O5S2. The van der Waals surface area contributed by atoms with E-state index in [-0.39, 0.29) is 23.1 Å². The first-order valence-corrected chi connectivity index (χ1v) is 10.3. The summed E-state index contributed by atoms with van der Waals surface area (Å²) < 4.78 is 10.9. The number of aromatic nitrogens is 2.